The Labute approximate surface area is 204 Å². The Balaban J connectivity index is 1.63. The molecule has 0 atom stereocenters. The Kier molecular flexibility index (Phi) is 9.56. The summed E-state index contributed by atoms with van der Waals surface area (Å²) >= 11 is 0. The van der Waals surface area contributed by atoms with E-state index in [0.717, 1.165) is 24.0 Å². The van der Waals surface area contributed by atoms with Crippen molar-refractivity contribution >= 4 is 5.97 Å². The molecule has 0 fully saturated rings. The number of esters is 1. The van der Waals surface area contributed by atoms with Gasteiger partial charge in [0.2, 0.25) is 0 Å². The predicted octanol–water partition coefficient (Wildman–Crippen LogP) is 6.50. The maximum absolute atomic E-state index is 14.9. The van der Waals surface area contributed by atoms with Crippen LogP contribution in [-0.4, -0.2) is 30.9 Å². The van der Waals surface area contributed by atoms with E-state index in [2.05, 4.69) is 25.6 Å². The summed E-state index contributed by atoms with van der Waals surface area (Å²) in [6.45, 7) is 4.82. The average Bonchev–Trinajstić information content (AvgIpc) is 2.87. The molecule has 0 unspecified atom stereocenters. The molecular weight excluding hydrogens is 450 g/mol. The molecule has 0 saturated heterocycles. The zero-order valence-corrected chi connectivity index (χ0v) is 19.9. The van der Waals surface area contributed by atoms with Crippen LogP contribution in [0, 0.1) is 11.6 Å². The van der Waals surface area contributed by atoms with Crippen LogP contribution >= 0.6 is 0 Å². The van der Waals surface area contributed by atoms with Gasteiger partial charge in [0.1, 0.15) is 19.0 Å². The summed E-state index contributed by atoms with van der Waals surface area (Å²) in [4.78, 5) is 11.4. The van der Waals surface area contributed by atoms with Crippen LogP contribution in [0.5, 0.6) is 5.75 Å². The molecular formula is C29H30F2O4. The van der Waals surface area contributed by atoms with E-state index in [9.17, 15) is 13.6 Å². The van der Waals surface area contributed by atoms with Crippen molar-refractivity contribution in [1.29, 1.82) is 0 Å². The average molecular weight is 481 g/mol. The zero-order chi connectivity index (χ0) is 25.2. The van der Waals surface area contributed by atoms with Gasteiger partial charge < -0.3 is 14.6 Å². The summed E-state index contributed by atoms with van der Waals surface area (Å²) in [6, 6.07) is 17.3. The molecule has 6 heteroatoms. The van der Waals surface area contributed by atoms with Crippen molar-refractivity contribution in [2.45, 2.75) is 32.6 Å². The molecule has 0 spiro atoms. The van der Waals surface area contributed by atoms with Crippen LogP contribution in [0.2, 0.25) is 0 Å². The van der Waals surface area contributed by atoms with Gasteiger partial charge in [0.25, 0.3) is 0 Å². The predicted molar refractivity (Wildman–Crippen MR) is 133 cm³/mol. The van der Waals surface area contributed by atoms with E-state index in [0.29, 0.717) is 5.56 Å². The highest BCUT2D eigenvalue weighted by Gasteiger charge is 2.12. The number of aliphatic hydroxyl groups is 1. The molecule has 0 heterocycles. The molecule has 4 nitrogen and oxygen atoms in total. The highest BCUT2D eigenvalue weighted by Crippen LogP contribution is 2.31. The lowest BCUT2D eigenvalue weighted by atomic mass is 9.98. The number of hydrogen-bond donors (Lipinski definition) is 1. The van der Waals surface area contributed by atoms with Crippen molar-refractivity contribution in [3.05, 3.63) is 90.0 Å². The summed E-state index contributed by atoms with van der Waals surface area (Å²) in [5.41, 5.74) is 3.54. The summed E-state index contributed by atoms with van der Waals surface area (Å²) in [5.74, 6) is -1.88. The fourth-order valence-corrected chi connectivity index (χ4v) is 3.61. The van der Waals surface area contributed by atoms with Gasteiger partial charge >= 0.3 is 5.97 Å². The number of carbonyl (C=O) groups excluding carboxylic acids is 1. The first-order valence-electron chi connectivity index (χ1n) is 11.7. The van der Waals surface area contributed by atoms with Crippen LogP contribution < -0.4 is 4.74 Å². The molecule has 3 rings (SSSR count). The quantitative estimate of drug-likeness (QED) is 0.183. The lowest BCUT2D eigenvalue weighted by Gasteiger charge is -2.11. The van der Waals surface area contributed by atoms with Gasteiger partial charge in [0.05, 0.1) is 12.2 Å². The molecule has 1 N–H and O–H groups in total. The molecule has 0 saturated carbocycles. The number of aliphatic hydroxyl groups excluding tert-OH is 1. The first-order chi connectivity index (χ1) is 16.9. The number of aryl methyl sites for hydroxylation is 1. The van der Waals surface area contributed by atoms with Crippen molar-refractivity contribution in [3.8, 4) is 28.0 Å². The number of halogens is 2. The number of hydrogen-bond acceptors (Lipinski definition) is 4. The van der Waals surface area contributed by atoms with Crippen LogP contribution in [0.1, 0.15) is 31.7 Å². The summed E-state index contributed by atoms with van der Waals surface area (Å²) in [6.07, 6.45) is 4.59. The van der Waals surface area contributed by atoms with E-state index in [-0.39, 0.29) is 30.1 Å². The molecule has 0 aliphatic heterocycles. The standard InChI is InChI=1S/C29H30F2O4/c1-3-4-5-6-21-7-9-22(10-8-21)23-11-13-25(26(30)17-23)24-12-14-28(27(31)18-24)34-15-16-35-29(33)20(2)19-32/h7-14,17-18,32H,2-6,15-16,19H2,1H3. The number of rotatable bonds is 12. The number of benzene rings is 3. The van der Waals surface area contributed by atoms with Gasteiger partial charge in [-0.25, -0.2) is 13.6 Å². The van der Waals surface area contributed by atoms with E-state index in [1.165, 1.54) is 36.6 Å². The Morgan fingerprint density at radius 2 is 1.57 bits per heavy atom. The van der Waals surface area contributed by atoms with E-state index >= 15 is 0 Å². The molecule has 3 aromatic carbocycles. The van der Waals surface area contributed by atoms with Crippen LogP contribution in [0.4, 0.5) is 8.78 Å². The lowest BCUT2D eigenvalue weighted by molar-refractivity contribution is -0.140. The second kappa shape index (κ2) is 12.8. The molecule has 0 aliphatic carbocycles. The highest BCUT2D eigenvalue weighted by molar-refractivity contribution is 5.87. The molecule has 0 radical (unpaired) electrons. The van der Waals surface area contributed by atoms with E-state index in [1.807, 2.05) is 18.2 Å². The molecule has 0 amide bonds. The lowest BCUT2D eigenvalue weighted by Crippen LogP contribution is -2.15. The first kappa shape index (κ1) is 26.1. The maximum atomic E-state index is 14.9. The molecule has 35 heavy (non-hydrogen) atoms. The fourth-order valence-electron chi connectivity index (χ4n) is 3.61. The highest BCUT2D eigenvalue weighted by atomic mass is 19.1. The largest absolute Gasteiger partial charge is 0.487 e. The Morgan fingerprint density at radius 3 is 2.23 bits per heavy atom. The SMILES string of the molecule is C=C(CO)C(=O)OCCOc1ccc(-c2ccc(-c3ccc(CCCCC)cc3)cc2F)cc1F. The normalized spacial score (nSPS) is 10.7. The number of ether oxygens (including phenoxy) is 2. The third kappa shape index (κ3) is 7.23. The summed E-state index contributed by atoms with van der Waals surface area (Å²) in [5, 5.41) is 8.82. The van der Waals surface area contributed by atoms with Crippen LogP contribution in [0.3, 0.4) is 0 Å². The second-order valence-corrected chi connectivity index (χ2v) is 8.24. The summed E-state index contributed by atoms with van der Waals surface area (Å²) < 4.78 is 39.6. The minimum Gasteiger partial charge on any atom is -0.487 e. The van der Waals surface area contributed by atoms with Gasteiger partial charge in [0.15, 0.2) is 11.6 Å². The zero-order valence-electron chi connectivity index (χ0n) is 19.9. The van der Waals surface area contributed by atoms with Gasteiger partial charge in [-0.3, -0.25) is 0 Å². The van der Waals surface area contributed by atoms with Crippen LogP contribution in [0.15, 0.2) is 72.8 Å². The Bertz CT molecular complexity index is 1160. The molecule has 184 valence electrons. The molecule has 0 aliphatic rings. The summed E-state index contributed by atoms with van der Waals surface area (Å²) in [7, 11) is 0. The Morgan fingerprint density at radius 1 is 0.886 bits per heavy atom. The minimum absolute atomic E-state index is 0.0400. The van der Waals surface area contributed by atoms with Crippen LogP contribution in [-0.2, 0) is 16.0 Å². The fraction of sp³-hybridized carbons (Fsp3) is 0.276. The van der Waals surface area contributed by atoms with Gasteiger partial charge in [-0.2, -0.15) is 0 Å². The minimum atomic E-state index is -0.742. The Hall–Kier alpha value is -3.51. The number of carbonyl (C=O) groups is 1. The van der Waals surface area contributed by atoms with E-state index < -0.39 is 24.2 Å². The maximum Gasteiger partial charge on any atom is 0.335 e. The monoisotopic (exact) mass is 480 g/mol. The molecule has 0 aromatic heterocycles. The van der Waals surface area contributed by atoms with Crippen molar-refractivity contribution in [2.75, 3.05) is 19.8 Å². The van der Waals surface area contributed by atoms with Gasteiger partial charge in [0, 0.05) is 5.56 Å². The molecule has 0 bridgehead atoms. The van der Waals surface area contributed by atoms with Gasteiger partial charge in [-0.05, 0) is 53.3 Å². The third-order valence-electron chi connectivity index (χ3n) is 5.62. The van der Waals surface area contributed by atoms with Crippen LogP contribution in [0.25, 0.3) is 22.3 Å². The number of unbranched alkanes of at least 4 members (excludes halogenated alkanes) is 2. The van der Waals surface area contributed by atoms with E-state index in [1.54, 1.807) is 12.1 Å². The molecule has 3 aromatic rings. The smallest absolute Gasteiger partial charge is 0.335 e. The third-order valence-corrected chi connectivity index (χ3v) is 5.62. The van der Waals surface area contributed by atoms with Gasteiger partial charge in [-0.15, -0.1) is 0 Å². The van der Waals surface area contributed by atoms with Crippen molar-refractivity contribution < 1.29 is 28.2 Å². The topological polar surface area (TPSA) is 55.8 Å². The first-order valence-corrected chi connectivity index (χ1v) is 11.7. The van der Waals surface area contributed by atoms with E-state index in [4.69, 9.17) is 14.6 Å². The van der Waals surface area contributed by atoms with Crippen molar-refractivity contribution in [2.24, 2.45) is 0 Å². The second-order valence-electron chi connectivity index (χ2n) is 8.24. The van der Waals surface area contributed by atoms with Crippen molar-refractivity contribution in [3.63, 3.8) is 0 Å². The van der Waals surface area contributed by atoms with Crippen molar-refractivity contribution in [1.82, 2.24) is 0 Å². The van der Waals surface area contributed by atoms with Gasteiger partial charge in [-0.1, -0.05) is 68.8 Å².